The number of rotatable bonds is 5. The van der Waals surface area contributed by atoms with Crippen LogP contribution in [0.15, 0.2) is 12.1 Å². The van der Waals surface area contributed by atoms with Crippen LogP contribution >= 0.6 is 0 Å². The van der Waals surface area contributed by atoms with Crippen LogP contribution in [0.1, 0.15) is 25.7 Å². The molecule has 2 nitrogen and oxygen atoms in total. The van der Waals surface area contributed by atoms with E-state index in [0.717, 1.165) is 19.3 Å². The topological polar surface area (TPSA) is 18.5 Å². The molecule has 7 heteroatoms. The minimum atomic E-state index is -4.97. The van der Waals surface area contributed by atoms with Gasteiger partial charge in [0.25, 0.3) is 0 Å². The molecular formula is C10H17BF3KO2. The first-order chi connectivity index (χ1) is 7.43. The zero-order valence-corrected chi connectivity index (χ0v) is 13.5. The first-order valence-electron chi connectivity index (χ1n) is 5.45. The van der Waals surface area contributed by atoms with E-state index in [1.165, 1.54) is 0 Å². The molecule has 0 bridgehead atoms. The normalized spacial score (nSPS) is 25.2. The van der Waals surface area contributed by atoms with Gasteiger partial charge in [0.2, 0.25) is 0 Å². The van der Waals surface area contributed by atoms with Gasteiger partial charge >= 0.3 is 58.4 Å². The van der Waals surface area contributed by atoms with E-state index in [1.807, 2.05) is 0 Å². The molecule has 2 unspecified atom stereocenters. The van der Waals surface area contributed by atoms with Crippen molar-refractivity contribution in [2.45, 2.75) is 37.9 Å². The molecule has 1 fully saturated rings. The van der Waals surface area contributed by atoms with Crippen molar-refractivity contribution >= 4 is 6.98 Å². The number of halogens is 3. The van der Waals surface area contributed by atoms with Crippen LogP contribution in [0.4, 0.5) is 12.9 Å². The third-order valence-corrected chi connectivity index (χ3v) is 2.88. The maximum atomic E-state index is 12.2. The monoisotopic (exact) mass is 276 g/mol. The number of methoxy groups -OCH3 is 1. The Morgan fingerprint density at radius 2 is 1.88 bits per heavy atom. The fourth-order valence-corrected chi connectivity index (χ4v) is 1.79. The third kappa shape index (κ3) is 6.75. The van der Waals surface area contributed by atoms with Crippen molar-refractivity contribution in [2.75, 3.05) is 13.7 Å². The molecule has 0 aromatic heterocycles. The van der Waals surface area contributed by atoms with Crippen molar-refractivity contribution in [2.24, 2.45) is 0 Å². The maximum absolute atomic E-state index is 12.2. The van der Waals surface area contributed by atoms with Crippen molar-refractivity contribution in [1.29, 1.82) is 0 Å². The Morgan fingerprint density at radius 3 is 2.41 bits per heavy atom. The summed E-state index contributed by atoms with van der Waals surface area (Å²) in [4.78, 5) is 0. The molecular weight excluding hydrogens is 259 g/mol. The molecule has 1 rings (SSSR count). The summed E-state index contributed by atoms with van der Waals surface area (Å²) in [6, 6.07) is 0. The molecule has 0 N–H and O–H groups in total. The maximum Gasteiger partial charge on any atom is 1.00 e. The molecule has 0 radical (unpaired) electrons. The third-order valence-electron chi connectivity index (χ3n) is 2.88. The van der Waals surface area contributed by atoms with Crippen LogP contribution in [0.25, 0.3) is 0 Å². The van der Waals surface area contributed by atoms with Gasteiger partial charge in [0.05, 0.1) is 12.2 Å². The molecule has 0 heterocycles. The Hall–Kier alpha value is 1.15. The second-order valence-corrected chi connectivity index (χ2v) is 4.19. The average molecular weight is 276 g/mol. The molecule has 0 saturated heterocycles. The van der Waals surface area contributed by atoms with Crippen molar-refractivity contribution in [3.8, 4) is 0 Å². The number of hydrogen-bond donors (Lipinski definition) is 0. The van der Waals surface area contributed by atoms with Gasteiger partial charge in [-0.25, -0.2) is 0 Å². The Morgan fingerprint density at radius 1 is 1.29 bits per heavy atom. The van der Waals surface area contributed by atoms with E-state index < -0.39 is 19.1 Å². The standard InChI is InChI=1S/C10H17BF3O2.K/c1-8(11(12,13)14)7-16-10-5-3-4-9(6-10)15-2;/h9-10H,1,3-7H2,2H3;/q-1;+1. The summed E-state index contributed by atoms with van der Waals surface area (Å²) in [5, 5.41) is 0. The quantitative estimate of drug-likeness (QED) is 0.653. The predicted octanol–water partition coefficient (Wildman–Crippen LogP) is -0.0926. The van der Waals surface area contributed by atoms with E-state index in [-0.39, 0.29) is 63.6 Å². The van der Waals surface area contributed by atoms with Crippen molar-refractivity contribution in [1.82, 2.24) is 0 Å². The van der Waals surface area contributed by atoms with E-state index in [0.29, 0.717) is 6.42 Å². The van der Waals surface area contributed by atoms with E-state index in [2.05, 4.69) is 6.58 Å². The first-order valence-corrected chi connectivity index (χ1v) is 5.45. The molecule has 0 aromatic carbocycles. The van der Waals surface area contributed by atoms with Crippen molar-refractivity contribution < 1.29 is 73.8 Å². The minimum Gasteiger partial charge on any atom is -0.445 e. The molecule has 1 aliphatic rings. The predicted molar refractivity (Wildman–Crippen MR) is 57.2 cm³/mol. The van der Waals surface area contributed by atoms with E-state index >= 15 is 0 Å². The van der Waals surface area contributed by atoms with Crippen LogP contribution in [0, 0.1) is 0 Å². The summed E-state index contributed by atoms with van der Waals surface area (Å²) in [5.74, 6) is 0. The summed E-state index contributed by atoms with van der Waals surface area (Å²) in [7, 11) is 1.62. The van der Waals surface area contributed by atoms with Gasteiger partial charge in [-0.05, 0) is 25.7 Å². The first kappa shape index (κ1) is 18.2. The van der Waals surface area contributed by atoms with Gasteiger partial charge in [-0.15, -0.1) is 12.1 Å². The largest absolute Gasteiger partial charge is 1.00 e. The Kier molecular flexibility index (Phi) is 8.91. The van der Waals surface area contributed by atoms with Gasteiger partial charge in [0, 0.05) is 13.7 Å². The smallest absolute Gasteiger partial charge is 0.445 e. The molecule has 0 aromatic rings. The van der Waals surface area contributed by atoms with Crippen LogP contribution in [0.2, 0.25) is 0 Å². The fourth-order valence-electron chi connectivity index (χ4n) is 1.79. The molecule has 0 spiro atoms. The summed E-state index contributed by atoms with van der Waals surface area (Å²) in [5.41, 5.74) is -0.764. The van der Waals surface area contributed by atoms with Crippen LogP contribution in [0.5, 0.6) is 0 Å². The van der Waals surface area contributed by atoms with Gasteiger partial charge in [0.1, 0.15) is 0 Å². The zero-order chi connectivity index (χ0) is 12.2. The van der Waals surface area contributed by atoms with Gasteiger partial charge in [0.15, 0.2) is 0 Å². The molecule has 0 amide bonds. The van der Waals surface area contributed by atoms with E-state index in [9.17, 15) is 12.9 Å². The minimum absolute atomic E-state index is 0. The van der Waals surface area contributed by atoms with Crippen LogP contribution in [-0.4, -0.2) is 32.9 Å². The van der Waals surface area contributed by atoms with Gasteiger partial charge < -0.3 is 22.4 Å². The Bertz CT molecular complexity index is 248. The SMILES string of the molecule is C=C(COC1CCCC(OC)C1)[B-](F)(F)F.[K+]. The summed E-state index contributed by atoms with van der Waals surface area (Å²) in [6.45, 7) is -2.38. The Balaban J connectivity index is 0.00000256. The fraction of sp³-hybridized carbons (Fsp3) is 0.800. The summed E-state index contributed by atoms with van der Waals surface area (Å²) in [6.07, 6.45) is 3.36. The second kappa shape index (κ2) is 8.35. The molecule has 1 aliphatic carbocycles. The number of hydrogen-bond acceptors (Lipinski definition) is 2. The Labute approximate surface area is 143 Å². The van der Waals surface area contributed by atoms with Crippen LogP contribution < -0.4 is 51.4 Å². The number of ether oxygens (including phenoxy) is 2. The van der Waals surface area contributed by atoms with Crippen LogP contribution in [-0.2, 0) is 9.47 Å². The zero-order valence-electron chi connectivity index (χ0n) is 10.4. The summed E-state index contributed by atoms with van der Waals surface area (Å²) >= 11 is 0. The van der Waals surface area contributed by atoms with E-state index in [1.54, 1.807) is 7.11 Å². The second-order valence-electron chi connectivity index (χ2n) is 4.19. The van der Waals surface area contributed by atoms with Gasteiger partial charge in [-0.3, -0.25) is 0 Å². The summed E-state index contributed by atoms with van der Waals surface area (Å²) < 4.78 is 47.0. The molecule has 0 aliphatic heterocycles. The molecule has 17 heavy (non-hydrogen) atoms. The average Bonchev–Trinajstić information content (AvgIpc) is 2.25. The molecule has 94 valence electrons. The van der Waals surface area contributed by atoms with Crippen molar-refractivity contribution in [3.63, 3.8) is 0 Å². The van der Waals surface area contributed by atoms with Gasteiger partial charge in [-0.2, -0.15) is 0 Å². The van der Waals surface area contributed by atoms with Crippen LogP contribution in [0.3, 0.4) is 0 Å². The van der Waals surface area contributed by atoms with E-state index in [4.69, 9.17) is 9.47 Å². The van der Waals surface area contributed by atoms with Gasteiger partial charge in [-0.1, -0.05) is 0 Å². The molecule has 2 atom stereocenters. The van der Waals surface area contributed by atoms with Crippen molar-refractivity contribution in [3.05, 3.63) is 12.1 Å². The molecule has 1 saturated carbocycles.